The number of halogens is 1. The Labute approximate surface area is 134 Å². The highest BCUT2D eigenvalue weighted by Gasteiger charge is 2.09. The van der Waals surface area contributed by atoms with Crippen molar-refractivity contribution in [3.05, 3.63) is 53.1 Å². The van der Waals surface area contributed by atoms with E-state index in [4.69, 9.17) is 21.8 Å². The highest BCUT2D eigenvalue weighted by atomic mass is 35.5. The smallest absolute Gasteiger partial charge is 0.322 e. The van der Waals surface area contributed by atoms with E-state index in [1.807, 2.05) is 0 Å². The predicted molar refractivity (Wildman–Crippen MR) is 83.3 cm³/mol. The number of benzene rings is 2. The van der Waals surface area contributed by atoms with Gasteiger partial charge in [0.25, 0.3) is 0 Å². The van der Waals surface area contributed by atoms with Crippen LogP contribution in [0, 0.1) is 5.41 Å². The lowest BCUT2D eigenvalue weighted by Crippen LogP contribution is -2.29. The zero-order chi connectivity index (χ0) is 16.2. The lowest BCUT2D eigenvalue weighted by Gasteiger charge is -2.09. The molecule has 3 N–H and O–H groups in total. The monoisotopic (exact) mass is 331 g/mol. The van der Waals surface area contributed by atoms with Crippen LogP contribution in [0.1, 0.15) is 5.56 Å². The fraction of sp³-hybridized carbons (Fsp3) is 0. The van der Waals surface area contributed by atoms with Gasteiger partial charge in [0.1, 0.15) is 11.0 Å². The molecule has 0 bridgehead atoms. The number of aromatic nitrogens is 2. The molecule has 0 spiro atoms. The number of amides is 1. The van der Waals surface area contributed by atoms with Gasteiger partial charge in [0.05, 0.1) is 0 Å². The lowest BCUT2D eigenvalue weighted by molar-refractivity contribution is 0.135. The standard InChI is InChI=1S/C14H10ClN5O3/c15-9-2-1-3-10(7-9)17-14(21)22-20-13(16)8-4-5-11-12(6-8)19-23-18-11/h1-7H,(H2,16,20)(H,17,21). The third-order valence-electron chi connectivity index (χ3n) is 2.86. The van der Waals surface area contributed by atoms with Crippen LogP contribution in [0.15, 0.2) is 47.1 Å². The summed E-state index contributed by atoms with van der Waals surface area (Å²) in [6.07, 6.45) is -0.777. The molecule has 3 rings (SSSR count). The molecule has 0 aliphatic carbocycles. The molecule has 8 nitrogen and oxygen atoms in total. The van der Waals surface area contributed by atoms with E-state index in [1.165, 1.54) is 0 Å². The summed E-state index contributed by atoms with van der Waals surface area (Å²) >= 11 is 5.81. The minimum atomic E-state index is -0.777. The lowest BCUT2D eigenvalue weighted by atomic mass is 10.2. The van der Waals surface area contributed by atoms with Gasteiger partial charge in [-0.2, -0.15) is 5.48 Å². The van der Waals surface area contributed by atoms with Crippen LogP contribution in [-0.2, 0) is 4.84 Å². The van der Waals surface area contributed by atoms with Gasteiger partial charge >= 0.3 is 6.09 Å². The molecule has 116 valence electrons. The molecule has 0 atom stereocenters. The number of rotatable bonds is 2. The zero-order valence-corrected chi connectivity index (χ0v) is 12.3. The summed E-state index contributed by atoms with van der Waals surface area (Å²) < 4.78 is 4.58. The Bertz CT molecular complexity index is 879. The number of hydrogen-bond acceptors (Lipinski definition) is 6. The molecular formula is C14H10ClN5O3. The first-order chi connectivity index (χ1) is 11.1. The Morgan fingerprint density at radius 2 is 2.00 bits per heavy atom. The number of amidine groups is 1. The fourth-order valence-electron chi connectivity index (χ4n) is 1.80. The largest absolute Gasteiger partial charge is 0.435 e. The Morgan fingerprint density at radius 3 is 2.83 bits per heavy atom. The third-order valence-corrected chi connectivity index (χ3v) is 3.09. The van der Waals surface area contributed by atoms with Gasteiger partial charge in [-0.15, -0.1) is 0 Å². The van der Waals surface area contributed by atoms with Crippen molar-refractivity contribution in [2.75, 3.05) is 5.32 Å². The van der Waals surface area contributed by atoms with Gasteiger partial charge in [-0.25, -0.2) is 9.42 Å². The first kappa shape index (κ1) is 14.8. The van der Waals surface area contributed by atoms with Crippen molar-refractivity contribution in [1.82, 2.24) is 15.8 Å². The summed E-state index contributed by atoms with van der Waals surface area (Å²) in [6.45, 7) is 0. The molecule has 1 heterocycles. The van der Waals surface area contributed by atoms with Crippen molar-refractivity contribution >= 4 is 40.3 Å². The van der Waals surface area contributed by atoms with Crippen molar-refractivity contribution in [1.29, 1.82) is 5.41 Å². The number of nitrogens with zero attached hydrogens (tertiary/aromatic N) is 2. The van der Waals surface area contributed by atoms with Crippen molar-refractivity contribution in [2.45, 2.75) is 0 Å². The van der Waals surface area contributed by atoms with E-state index in [9.17, 15) is 4.79 Å². The normalized spacial score (nSPS) is 10.3. The molecule has 3 aromatic rings. The van der Waals surface area contributed by atoms with Crippen molar-refractivity contribution < 1.29 is 14.3 Å². The first-order valence-electron chi connectivity index (χ1n) is 6.42. The van der Waals surface area contributed by atoms with Gasteiger partial charge in [0, 0.05) is 16.3 Å². The number of anilines is 1. The Kier molecular flexibility index (Phi) is 4.07. The van der Waals surface area contributed by atoms with Crippen LogP contribution < -0.4 is 10.8 Å². The van der Waals surface area contributed by atoms with Gasteiger partial charge < -0.3 is 4.84 Å². The van der Waals surface area contributed by atoms with Crippen molar-refractivity contribution in [2.24, 2.45) is 0 Å². The molecule has 0 unspecified atom stereocenters. The molecule has 0 radical (unpaired) electrons. The minimum absolute atomic E-state index is 0.115. The summed E-state index contributed by atoms with van der Waals surface area (Å²) in [5, 5.41) is 18.1. The predicted octanol–water partition coefficient (Wildman–Crippen LogP) is 2.95. The summed E-state index contributed by atoms with van der Waals surface area (Å²) in [7, 11) is 0. The molecule has 1 amide bonds. The van der Waals surface area contributed by atoms with Crippen LogP contribution in [0.4, 0.5) is 10.5 Å². The molecule has 0 aliphatic rings. The maximum Gasteiger partial charge on any atom is 0.435 e. The molecular weight excluding hydrogens is 322 g/mol. The van der Waals surface area contributed by atoms with E-state index in [0.717, 1.165) is 0 Å². The minimum Gasteiger partial charge on any atom is -0.322 e. The second-order valence-corrected chi connectivity index (χ2v) is 4.91. The second-order valence-electron chi connectivity index (χ2n) is 4.47. The van der Waals surface area contributed by atoms with E-state index in [-0.39, 0.29) is 5.84 Å². The van der Waals surface area contributed by atoms with Crippen LogP contribution in [-0.4, -0.2) is 22.2 Å². The SMILES string of the molecule is N=C(NOC(=O)Nc1cccc(Cl)c1)c1ccc2nonc2c1. The molecule has 1 aromatic heterocycles. The maximum absolute atomic E-state index is 11.7. The van der Waals surface area contributed by atoms with Crippen molar-refractivity contribution in [3.8, 4) is 0 Å². The quantitative estimate of drug-likeness (QED) is 0.378. The van der Waals surface area contributed by atoms with Gasteiger partial charge in [-0.3, -0.25) is 10.7 Å². The van der Waals surface area contributed by atoms with Crippen LogP contribution in [0.3, 0.4) is 0 Å². The number of fused-ring (bicyclic) bond motifs is 1. The first-order valence-corrected chi connectivity index (χ1v) is 6.80. The Morgan fingerprint density at radius 1 is 1.17 bits per heavy atom. The number of nitrogens with one attached hydrogen (secondary N) is 3. The van der Waals surface area contributed by atoms with E-state index in [2.05, 4.69) is 25.7 Å². The van der Waals surface area contributed by atoms with E-state index < -0.39 is 6.09 Å². The third kappa shape index (κ3) is 3.55. The van der Waals surface area contributed by atoms with Crippen LogP contribution in [0.25, 0.3) is 11.0 Å². The highest BCUT2D eigenvalue weighted by Crippen LogP contribution is 2.15. The molecule has 0 saturated carbocycles. The van der Waals surface area contributed by atoms with E-state index in [1.54, 1.807) is 42.5 Å². The highest BCUT2D eigenvalue weighted by molar-refractivity contribution is 6.30. The van der Waals surface area contributed by atoms with E-state index in [0.29, 0.717) is 27.3 Å². The van der Waals surface area contributed by atoms with Crippen LogP contribution in [0.5, 0.6) is 0 Å². The van der Waals surface area contributed by atoms with Crippen molar-refractivity contribution in [3.63, 3.8) is 0 Å². The van der Waals surface area contributed by atoms with Gasteiger partial charge in [0.2, 0.25) is 0 Å². The molecule has 0 aliphatic heterocycles. The number of hydroxylamine groups is 1. The van der Waals surface area contributed by atoms with Gasteiger partial charge in [0.15, 0.2) is 5.84 Å². The molecule has 0 saturated heterocycles. The zero-order valence-electron chi connectivity index (χ0n) is 11.5. The van der Waals surface area contributed by atoms with Crippen LogP contribution >= 0.6 is 11.6 Å². The van der Waals surface area contributed by atoms with Gasteiger partial charge in [-0.05, 0) is 46.7 Å². The maximum atomic E-state index is 11.7. The van der Waals surface area contributed by atoms with Crippen LogP contribution in [0.2, 0.25) is 5.02 Å². The number of carbonyl (C=O) groups is 1. The molecule has 9 heteroatoms. The number of hydrogen-bond donors (Lipinski definition) is 3. The topological polar surface area (TPSA) is 113 Å². The second kappa shape index (κ2) is 6.32. The molecule has 2 aromatic carbocycles. The summed E-state index contributed by atoms with van der Waals surface area (Å²) in [4.78, 5) is 16.4. The summed E-state index contributed by atoms with van der Waals surface area (Å²) in [5.74, 6) is -0.115. The Hall–Kier alpha value is -3.13. The average molecular weight is 332 g/mol. The van der Waals surface area contributed by atoms with E-state index >= 15 is 0 Å². The summed E-state index contributed by atoms with van der Waals surface area (Å²) in [5.41, 5.74) is 4.26. The molecule has 23 heavy (non-hydrogen) atoms. The fourth-order valence-corrected chi connectivity index (χ4v) is 1.99. The summed E-state index contributed by atoms with van der Waals surface area (Å²) in [6, 6.07) is 11.4. The average Bonchev–Trinajstić information content (AvgIpc) is 3.00. The molecule has 0 fully saturated rings. The Balaban J connectivity index is 1.58. The van der Waals surface area contributed by atoms with Gasteiger partial charge in [-0.1, -0.05) is 17.7 Å². The number of carbonyl (C=O) groups excluding carboxylic acids is 1.